The summed E-state index contributed by atoms with van der Waals surface area (Å²) in [5, 5.41) is 0. The van der Waals surface area contributed by atoms with Crippen molar-refractivity contribution < 1.29 is 9.18 Å². The van der Waals surface area contributed by atoms with Crippen molar-refractivity contribution in [3.05, 3.63) is 84.7 Å². The van der Waals surface area contributed by atoms with E-state index < -0.39 is 0 Å². The SMILES string of the molecule is C=CC(=O)N1CCCc2cc([Se]c3ccccc3)c(-c3ccc(F)cc3)nc21. The average molecular weight is 437 g/mol. The number of aryl methyl sites for hydroxylation is 1. The molecule has 0 bridgehead atoms. The van der Waals surface area contributed by atoms with Gasteiger partial charge in [0, 0.05) is 0 Å². The fourth-order valence-electron chi connectivity index (χ4n) is 3.31. The molecule has 3 aromatic rings. The van der Waals surface area contributed by atoms with Crippen LogP contribution in [0.5, 0.6) is 0 Å². The summed E-state index contributed by atoms with van der Waals surface area (Å²) in [6, 6.07) is 18.9. The number of carbonyl (C=O) groups excluding carboxylic acids is 1. The number of fused-ring (bicyclic) bond motifs is 1. The van der Waals surface area contributed by atoms with Crippen LogP contribution in [0.1, 0.15) is 12.0 Å². The van der Waals surface area contributed by atoms with E-state index in [4.69, 9.17) is 4.98 Å². The van der Waals surface area contributed by atoms with Gasteiger partial charge in [-0.2, -0.15) is 0 Å². The van der Waals surface area contributed by atoms with Gasteiger partial charge in [-0.1, -0.05) is 0 Å². The summed E-state index contributed by atoms with van der Waals surface area (Å²) >= 11 is 0.0533. The zero-order chi connectivity index (χ0) is 19.5. The molecule has 0 saturated carbocycles. The van der Waals surface area contributed by atoms with Crippen LogP contribution in [0.4, 0.5) is 10.2 Å². The third kappa shape index (κ3) is 3.77. The van der Waals surface area contributed by atoms with Gasteiger partial charge in [0.2, 0.25) is 0 Å². The number of aromatic nitrogens is 1. The minimum absolute atomic E-state index is 0.0533. The number of halogens is 1. The molecule has 0 spiro atoms. The van der Waals surface area contributed by atoms with Crippen molar-refractivity contribution in [3.8, 4) is 11.3 Å². The first-order chi connectivity index (χ1) is 13.7. The van der Waals surface area contributed by atoms with Gasteiger partial charge in [0.25, 0.3) is 0 Å². The van der Waals surface area contributed by atoms with E-state index in [1.54, 1.807) is 17.0 Å². The molecule has 1 aliphatic heterocycles. The molecular formula is C23H19FN2OSe. The summed E-state index contributed by atoms with van der Waals surface area (Å²) in [6.45, 7) is 4.25. The normalized spacial score (nSPS) is 13.1. The molecule has 0 N–H and O–H groups in total. The van der Waals surface area contributed by atoms with Crippen LogP contribution in [0, 0.1) is 5.82 Å². The second kappa shape index (κ2) is 8.09. The maximum atomic E-state index is 13.5. The van der Waals surface area contributed by atoms with E-state index in [1.165, 1.54) is 22.7 Å². The van der Waals surface area contributed by atoms with E-state index in [0.717, 1.165) is 34.1 Å². The van der Waals surface area contributed by atoms with Crippen molar-refractivity contribution in [2.45, 2.75) is 12.8 Å². The second-order valence-corrected chi connectivity index (χ2v) is 8.88. The number of amides is 1. The third-order valence-electron chi connectivity index (χ3n) is 4.66. The number of hydrogen-bond acceptors (Lipinski definition) is 2. The Morgan fingerprint density at radius 3 is 2.61 bits per heavy atom. The van der Waals surface area contributed by atoms with Crippen molar-refractivity contribution >= 4 is 35.6 Å². The molecule has 0 unspecified atom stereocenters. The Morgan fingerprint density at radius 1 is 1.14 bits per heavy atom. The van der Waals surface area contributed by atoms with Gasteiger partial charge in [-0.05, 0) is 0 Å². The molecule has 0 atom stereocenters. The van der Waals surface area contributed by atoms with Gasteiger partial charge in [-0.15, -0.1) is 0 Å². The first kappa shape index (κ1) is 18.6. The molecule has 1 aliphatic rings. The number of rotatable bonds is 4. The van der Waals surface area contributed by atoms with E-state index in [1.807, 2.05) is 18.2 Å². The zero-order valence-corrected chi connectivity index (χ0v) is 17.0. The zero-order valence-electron chi connectivity index (χ0n) is 15.3. The molecule has 5 heteroatoms. The summed E-state index contributed by atoms with van der Waals surface area (Å²) in [6.07, 6.45) is 3.13. The van der Waals surface area contributed by atoms with Crippen molar-refractivity contribution in [2.75, 3.05) is 11.4 Å². The predicted molar refractivity (Wildman–Crippen MR) is 112 cm³/mol. The van der Waals surface area contributed by atoms with Crippen molar-refractivity contribution in [2.24, 2.45) is 0 Å². The molecule has 0 aliphatic carbocycles. The van der Waals surface area contributed by atoms with Crippen LogP contribution >= 0.6 is 0 Å². The maximum absolute atomic E-state index is 13.5. The molecule has 0 saturated heterocycles. The monoisotopic (exact) mass is 438 g/mol. The number of pyridine rings is 1. The van der Waals surface area contributed by atoms with Crippen molar-refractivity contribution in [3.63, 3.8) is 0 Å². The van der Waals surface area contributed by atoms with E-state index in [9.17, 15) is 9.18 Å². The molecule has 4 rings (SSSR count). The molecule has 0 fully saturated rings. The average Bonchev–Trinajstić information content (AvgIpc) is 2.73. The van der Waals surface area contributed by atoms with Gasteiger partial charge in [0.1, 0.15) is 0 Å². The van der Waals surface area contributed by atoms with Crippen LogP contribution in [0.15, 0.2) is 73.3 Å². The van der Waals surface area contributed by atoms with E-state index in [-0.39, 0.29) is 26.7 Å². The van der Waals surface area contributed by atoms with Crippen LogP contribution in [-0.4, -0.2) is 32.4 Å². The standard InChI is InChI=1S/C23H19FN2OSe/c1-2-21(27)26-14-6-7-17-15-20(28-19-8-4-3-5-9-19)22(25-23(17)26)16-10-12-18(24)13-11-16/h2-5,8-13,15H,1,6-7,14H2. The molecule has 1 amide bonds. The Morgan fingerprint density at radius 2 is 1.89 bits per heavy atom. The van der Waals surface area contributed by atoms with Gasteiger partial charge in [0.05, 0.1) is 0 Å². The number of benzene rings is 2. The molecule has 0 radical (unpaired) electrons. The van der Waals surface area contributed by atoms with Crippen LogP contribution in [-0.2, 0) is 11.2 Å². The molecule has 28 heavy (non-hydrogen) atoms. The van der Waals surface area contributed by atoms with Gasteiger partial charge < -0.3 is 0 Å². The fourth-order valence-corrected chi connectivity index (χ4v) is 5.42. The number of nitrogens with zero attached hydrogens (tertiary/aromatic N) is 2. The fraction of sp³-hybridized carbons (Fsp3) is 0.130. The van der Waals surface area contributed by atoms with Gasteiger partial charge >= 0.3 is 170 Å². The number of anilines is 1. The van der Waals surface area contributed by atoms with Crippen LogP contribution in [0.3, 0.4) is 0 Å². The summed E-state index contributed by atoms with van der Waals surface area (Å²) < 4.78 is 15.8. The third-order valence-corrected chi connectivity index (χ3v) is 6.84. The quantitative estimate of drug-likeness (QED) is 0.465. The molecule has 140 valence electrons. The molecule has 3 nitrogen and oxygen atoms in total. The van der Waals surface area contributed by atoms with E-state index in [0.29, 0.717) is 12.4 Å². The molecule has 2 heterocycles. The Labute approximate surface area is 170 Å². The second-order valence-electron chi connectivity index (χ2n) is 6.54. The topological polar surface area (TPSA) is 33.2 Å². The molecular weight excluding hydrogens is 418 g/mol. The van der Waals surface area contributed by atoms with Crippen molar-refractivity contribution in [1.29, 1.82) is 0 Å². The Kier molecular flexibility index (Phi) is 5.38. The predicted octanol–water partition coefficient (Wildman–Crippen LogP) is 3.01. The van der Waals surface area contributed by atoms with Crippen LogP contribution in [0.25, 0.3) is 11.3 Å². The van der Waals surface area contributed by atoms with Crippen LogP contribution in [0.2, 0.25) is 0 Å². The van der Waals surface area contributed by atoms with Gasteiger partial charge in [0.15, 0.2) is 0 Å². The summed E-state index contributed by atoms with van der Waals surface area (Å²) in [5.74, 6) is 0.281. The summed E-state index contributed by atoms with van der Waals surface area (Å²) in [5.41, 5.74) is 2.75. The number of carbonyl (C=O) groups is 1. The first-order valence-corrected chi connectivity index (χ1v) is 10.8. The van der Waals surface area contributed by atoms with Crippen molar-refractivity contribution in [1.82, 2.24) is 4.98 Å². The summed E-state index contributed by atoms with van der Waals surface area (Å²) in [4.78, 5) is 18.9. The van der Waals surface area contributed by atoms with Gasteiger partial charge in [-0.3, -0.25) is 0 Å². The van der Waals surface area contributed by atoms with Gasteiger partial charge in [-0.25, -0.2) is 0 Å². The summed E-state index contributed by atoms with van der Waals surface area (Å²) in [7, 11) is 0. The Balaban J connectivity index is 1.85. The first-order valence-electron chi connectivity index (χ1n) is 9.12. The Bertz CT molecular complexity index is 1020. The van der Waals surface area contributed by atoms with Crippen LogP contribution < -0.4 is 13.8 Å². The van der Waals surface area contributed by atoms with E-state index >= 15 is 0 Å². The molecule has 1 aromatic heterocycles. The van der Waals surface area contributed by atoms with E-state index in [2.05, 4.69) is 24.8 Å². The number of hydrogen-bond donors (Lipinski definition) is 0. The minimum atomic E-state index is -0.278. The Hall–Kier alpha value is -2.75. The molecule has 2 aromatic carbocycles.